The van der Waals surface area contributed by atoms with Crippen molar-refractivity contribution in [2.45, 2.75) is 44.8 Å². The molecule has 1 aromatic carbocycles. The first-order chi connectivity index (χ1) is 13.8. The Morgan fingerprint density at radius 2 is 2.14 bits per heavy atom. The molecule has 1 N–H and O–H groups in total. The van der Waals surface area contributed by atoms with E-state index in [4.69, 9.17) is 18.3 Å². The molecule has 7 nitrogen and oxygen atoms in total. The maximum absolute atomic E-state index is 12.4. The van der Waals surface area contributed by atoms with E-state index in [0.717, 1.165) is 16.7 Å². The summed E-state index contributed by atoms with van der Waals surface area (Å²) in [5.41, 5.74) is 0.220. The van der Waals surface area contributed by atoms with Crippen LogP contribution in [0.25, 0.3) is 11.0 Å². The molecule has 152 valence electrons. The molecule has 3 heterocycles. The summed E-state index contributed by atoms with van der Waals surface area (Å²) in [5.74, 6) is 1.47. The van der Waals surface area contributed by atoms with Gasteiger partial charge in [0.25, 0.3) is 0 Å². The van der Waals surface area contributed by atoms with Gasteiger partial charge in [-0.2, -0.15) is 0 Å². The van der Waals surface area contributed by atoms with Gasteiger partial charge in [0.15, 0.2) is 0 Å². The van der Waals surface area contributed by atoms with Crippen LogP contribution in [0.15, 0.2) is 56.3 Å². The first-order valence-corrected chi connectivity index (χ1v) is 9.55. The smallest absolute Gasteiger partial charge is 0.407 e. The minimum absolute atomic E-state index is 0.0370. The van der Waals surface area contributed by atoms with Gasteiger partial charge in [0, 0.05) is 36.4 Å². The molecular formula is C22H23NO6. The predicted molar refractivity (Wildman–Crippen MR) is 106 cm³/mol. The fourth-order valence-electron chi connectivity index (χ4n) is 3.46. The van der Waals surface area contributed by atoms with E-state index in [1.54, 1.807) is 18.4 Å². The number of carbonyl (C=O) groups is 1. The van der Waals surface area contributed by atoms with Crippen molar-refractivity contribution in [3.63, 3.8) is 0 Å². The van der Waals surface area contributed by atoms with Crippen molar-refractivity contribution >= 4 is 17.1 Å². The summed E-state index contributed by atoms with van der Waals surface area (Å²) in [6.07, 6.45) is 1.14. The number of nitrogens with one attached hydrogen (secondary N) is 1. The molecule has 0 radical (unpaired) electrons. The standard InChI is InChI=1S/C22H23NO6/c1-13(16-5-4-8-26-16)12-23-21(25)28-19-10-15-9-14-6-7-20(24)27-17(14)11-18(15)29-22(19,2)3/h4-9,11,13,19H,10,12H2,1-3H3,(H,23,25)/t13?,19-/m1/s1. The molecule has 0 bridgehead atoms. The molecule has 7 heteroatoms. The van der Waals surface area contributed by atoms with Gasteiger partial charge in [-0.15, -0.1) is 0 Å². The predicted octanol–water partition coefficient (Wildman–Crippen LogP) is 4.00. The van der Waals surface area contributed by atoms with Gasteiger partial charge in [0.2, 0.25) is 0 Å². The van der Waals surface area contributed by atoms with Crippen LogP contribution in [0, 0.1) is 0 Å². The number of furan rings is 1. The van der Waals surface area contributed by atoms with E-state index in [1.165, 1.54) is 6.07 Å². The molecule has 1 unspecified atom stereocenters. The van der Waals surface area contributed by atoms with E-state index < -0.39 is 23.4 Å². The fraction of sp³-hybridized carbons (Fsp3) is 0.364. The lowest BCUT2D eigenvalue weighted by atomic mass is 9.90. The zero-order valence-corrected chi connectivity index (χ0v) is 16.6. The van der Waals surface area contributed by atoms with Crippen LogP contribution in [0.3, 0.4) is 0 Å². The van der Waals surface area contributed by atoms with Gasteiger partial charge in [-0.25, -0.2) is 9.59 Å². The normalized spacial score (nSPS) is 18.5. The second-order valence-corrected chi connectivity index (χ2v) is 7.85. The second kappa shape index (κ2) is 7.31. The third kappa shape index (κ3) is 3.99. The van der Waals surface area contributed by atoms with Gasteiger partial charge in [0.05, 0.1) is 6.26 Å². The molecular weight excluding hydrogens is 374 g/mol. The van der Waals surface area contributed by atoms with E-state index in [1.807, 2.05) is 39.0 Å². The van der Waals surface area contributed by atoms with Crippen molar-refractivity contribution in [2.24, 2.45) is 0 Å². The average molecular weight is 397 g/mol. The number of fused-ring (bicyclic) bond motifs is 2. The summed E-state index contributed by atoms with van der Waals surface area (Å²) in [5, 5.41) is 3.58. The number of hydrogen-bond donors (Lipinski definition) is 1. The Bertz CT molecular complexity index is 1080. The van der Waals surface area contributed by atoms with Crippen molar-refractivity contribution in [3.05, 3.63) is 64.4 Å². The van der Waals surface area contributed by atoms with Crippen molar-refractivity contribution < 1.29 is 23.1 Å². The lowest BCUT2D eigenvalue weighted by Gasteiger charge is -2.39. The van der Waals surface area contributed by atoms with Crippen LogP contribution in [0.4, 0.5) is 4.79 Å². The minimum Gasteiger partial charge on any atom is -0.484 e. The quantitative estimate of drug-likeness (QED) is 0.669. The molecule has 2 aromatic heterocycles. The topological polar surface area (TPSA) is 90.9 Å². The first kappa shape index (κ1) is 19.1. The highest BCUT2D eigenvalue weighted by Gasteiger charge is 2.40. The van der Waals surface area contributed by atoms with E-state index >= 15 is 0 Å². The second-order valence-electron chi connectivity index (χ2n) is 7.85. The molecule has 29 heavy (non-hydrogen) atoms. The molecule has 3 aromatic rings. The maximum atomic E-state index is 12.4. The van der Waals surface area contributed by atoms with E-state index in [0.29, 0.717) is 24.3 Å². The largest absolute Gasteiger partial charge is 0.484 e. The van der Waals surface area contributed by atoms with Gasteiger partial charge >= 0.3 is 11.7 Å². The number of ether oxygens (including phenoxy) is 2. The Morgan fingerprint density at radius 3 is 2.90 bits per heavy atom. The lowest BCUT2D eigenvalue weighted by Crippen LogP contribution is -2.50. The average Bonchev–Trinajstić information content (AvgIpc) is 3.20. The Labute approximate surface area is 167 Å². The molecule has 2 atom stereocenters. The van der Waals surface area contributed by atoms with Crippen LogP contribution in [0.1, 0.15) is 38.0 Å². The van der Waals surface area contributed by atoms with Crippen molar-refractivity contribution in [1.29, 1.82) is 0 Å². The highest BCUT2D eigenvalue weighted by molar-refractivity contribution is 5.79. The number of rotatable bonds is 4. The Hall–Kier alpha value is -3.22. The third-order valence-corrected chi connectivity index (χ3v) is 5.19. The molecule has 4 rings (SSSR count). The van der Waals surface area contributed by atoms with Gasteiger partial charge in [-0.1, -0.05) is 6.92 Å². The lowest BCUT2D eigenvalue weighted by molar-refractivity contribution is -0.0494. The molecule has 0 spiro atoms. The number of alkyl carbamates (subject to hydrolysis) is 1. The summed E-state index contributed by atoms with van der Waals surface area (Å²) < 4.78 is 22.4. The number of hydrogen-bond acceptors (Lipinski definition) is 6. The highest BCUT2D eigenvalue weighted by atomic mass is 16.6. The molecule has 0 saturated heterocycles. The summed E-state index contributed by atoms with van der Waals surface area (Å²) in [4.78, 5) is 23.8. The monoisotopic (exact) mass is 397 g/mol. The number of carbonyl (C=O) groups excluding carboxylic acids is 1. The minimum atomic E-state index is -0.736. The van der Waals surface area contributed by atoms with Crippen LogP contribution in [0.5, 0.6) is 5.75 Å². The van der Waals surface area contributed by atoms with E-state index in [-0.39, 0.29) is 5.92 Å². The fourth-order valence-corrected chi connectivity index (χ4v) is 3.46. The van der Waals surface area contributed by atoms with Crippen LogP contribution < -0.4 is 15.7 Å². The highest BCUT2D eigenvalue weighted by Crippen LogP contribution is 2.37. The maximum Gasteiger partial charge on any atom is 0.407 e. The van der Waals surface area contributed by atoms with E-state index in [2.05, 4.69) is 5.32 Å². The van der Waals surface area contributed by atoms with Crippen LogP contribution in [0.2, 0.25) is 0 Å². The zero-order chi connectivity index (χ0) is 20.6. The molecule has 0 fully saturated rings. The van der Waals surface area contributed by atoms with Crippen LogP contribution in [-0.2, 0) is 11.2 Å². The molecule has 1 aliphatic heterocycles. The summed E-state index contributed by atoms with van der Waals surface area (Å²) in [7, 11) is 0. The van der Waals surface area contributed by atoms with Gasteiger partial charge in [0.1, 0.15) is 28.8 Å². The molecule has 1 aliphatic rings. The number of benzene rings is 1. The van der Waals surface area contributed by atoms with Crippen molar-refractivity contribution in [2.75, 3.05) is 6.54 Å². The third-order valence-electron chi connectivity index (χ3n) is 5.19. The zero-order valence-electron chi connectivity index (χ0n) is 16.6. The Balaban J connectivity index is 1.46. The van der Waals surface area contributed by atoms with Crippen molar-refractivity contribution in [3.8, 4) is 5.75 Å². The molecule has 1 amide bonds. The van der Waals surface area contributed by atoms with Crippen molar-refractivity contribution in [1.82, 2.24) is 5.32 Å². The first-order valence-electron chi connectivity index (χ1n) is 9.55. The van der Waals surface area contributed by atoms with Gasteiger partial charge < -0.3 is 23.6 Å². The number of amides is 1. The summed E-state index contributed by atoms with van der Waals surface area (Å²) in [6.45, 7) is 6.10. The van der Waals surface area contributed by atoms with Crippen LogP contribution in [-0.4, -0.2) is 24.3 Å². The molecule has 0 aliphatic carbocycles. The summed E-state index contributed by atoms with van der Waals surface area (Å²) >= 11 is 0. The Morgan fingerprint density at radius 1 is 1.31 bits per heavy atom. The summed E-state index contributed by atoms with van der Waals surface area (Å²) in [6, 6.07) is 10.4. The SMILES string of the molecule is CC(CNC(=O)O[C@@H]1Cc2cc3ccc(=O)oc3cc2OC1(C)C)c1ccco1. The van der Waals surface area contributed by atoms with Gasteiger partial charge in [-0.3, -0.25) is 0 Å². The van der Waals surface area contributed by atoms with Crippen LogP contribution >= 0.6 is 0 Å². The Kier molecular flexibility index (Phi) is 4.82. The van der Waals surface area contributed by atoms with Gasteiger partial charge in [-0.05, 0) is 43.7 Å². The van der Waals surface area contributed by atoms with E-state index in [9.17, 15) is 9.59 Å². The molecule has 0 saturated carbocycles.